The standard InChI is InChI=1S/C10H12N2O/c1-7-3-8(5-11)9(6-12)10(4-7)13-2/h3-4H,5,11H2,1-2H3. The van der Waals surface area contributed by atoms with E-state index in [-0.39, 0.29) is 0 Å². The molecule has 0 unspecified atom stereocenters. The van der Waals surface area contributed by atoms with Crippen molar-refractivity contribution in [2.24, 2.45) is 5.73 Å². The molecule has 0 fully saturated rings. The maximum absolute atomic E-state index is 8.87. The highest BCUT2D eigenvalue weighted by atomic mass is 16.5. The molecule has 1 rings (SSSR count). The number of methoxy groups -OCH3 is 1. The molecule has 3 nitrogen and oxygen atoms in total. The zero-order chi connectivity index (χ0) is 9.84. The van der Waals surface area contributed by atoms with Crippen molar-refractivity contribution in [2.75, 3.05) is 7.11 Å². The van der Waals surface area contributed by atoms with Crippen LogP contribution in [0.25, 0.3) is 0 Å². The third-order valence-electron chi connectivity index (χ3n) is 1.88. The lowest BCUT2D eigenvalue weighted by Gasteiger charge is -2.08. The first-order valence-corrected chi connectivity index (χ1v) is 4.00. The summed E-state index contributed by atoms with van der Waals surface area (Å²) in [4.78, 5) is 0. The second-order valence-electron chi connectivity index (χ2n) is 2.82. The average molecular weight is 176 g/mol. The molecule has 0 aliphatic carbocycles. The van der Waals surface area contributed by atoms with E-state index in [9.17, 15) is 0 Å². The highest BCUT2D eigenvalue weighted by Crippen LogP contribution is 2.23. The number of rotatable bonds is 2. The zero-order valence-corrected chi connectivity index (χ0v) is 7.79. The van der Waals surface area contributed by atoms with Gasteiger partial charge in [0.15, 0.2) is 0 Å². The first-order chi connectivity index (χ1) is 6.22. The van der Waals surface area contributed by atoms with Gasteiger partial charge in [-0.3, -0.25) is 0 Å². The Kier molecular flexibility index (Phi) is 2.88. The van der Waals surface area contributed by atoms with Gasteiger partial charge < -0.3 is 10.5 Å². The number of ether oxygens (including phenoxy) is 1. The van der Waals surface area contributed by atoms with Crippen molar-refractivity contribution in [3.8, 4) is 11.8 Å². The summed E-state index contributed by atoms with van der Waals surface area (Å²) in [5.74, 6) is 0.600. The molecule has 0 saturated carbocycles. The molecular formula is C10H12N2O. The van der Waals surface area contributed by atoms with Gasteiger partial charge in [-0.15, -0.1) is 0 Å². The molecule has 1 aromatic rings. The Labute approximate surface area is 77.7 Å². The Morgan fingerprint density at radius 2 is 2.23 bits per heavy atom. The quantitative estimate of drug-likeness (QED) is 0.739. The Balaban J connectivity index is 3.36. The van der Waals surface area contributed by atoms with Crippen LogP contribution in [0.1, 0.15) is 16.7 Å². The molecule has 0 aliphatic rings. The normalized spacial score (nSPS) is 9.38. The largest absolute Gasteiger partial charge is 0.495 e. The molecule has 0 heterocycles. The highest BCUT2D eigenvalue weighted by Gasteiger charge is 2.08. The molecular weight excluding hydrogens is 164 g/mol. The summed E-state index contributed by atoms with van der Waals surface area (Å²) in [6, 6.07) is 5.82. The van der Waals surface area contributed by atoms with Gasteiger partial charge in [0.2, 0.25) is 0 Å². The summed E-state index contributed by atoms with van der Waals surface area (Å²) < 4.78 is 5.08. The molecule has 0 spiro atoms. The smallest absolute Gasteiger partial charge is 0.137 e. The van der Waals surface area contributed by atoms with Gasteiger partial charge in [0, 0.05) is 6.54 Å². The maximum atomic E-state index is 8.87. The van der Waals surface area contributed by atoms with Crippen molar-refractivity contribution in [3.05, 3.63) is 28.8 Å². The van der Waals surface area contributed by atoms with Crippen molar-refractivity contribution in [2.45, 2.75) is 13.5 Å². The fourth-order valence-electron chi connectivity index (χ4n) is 1.27. The summed E-state index contributed by atoms with van der Waals surface area (Å²) in [7, 11) is 1.55. The lowest BCUT2D eigenvalue weighted by atomic mass is 10.0. The van der Waals surface area contributed by atoms with Crippen LogP contribution in [0.15, 0.2) is 12.1 Å². The third kappa shape index (κ3) is 1.79. The van der Waals surface area contributed by atoms with Crippen molar-refractivity contribution in [3.63, 3.8) is 0 Å². The molecule has 3 heteroatoms. The summed E-state index contributed by atoms with van der Waals surface area (Å²) in [5.41, 5.74) is 7.93. The summed E-state index contributed by atoms with van der Waals surface area (Å²) in [5, 5.41) is 8.87. The summed E-state index contributed by atoms with van der Waals surface area (Å²) >= 11 is 0. The van der Waals surface area contributed by atoms with E-state index in [1.807, 2.05) is 19.1 Å². The first-order valence-electron chi connectivity index (χ1n) is 4.00. The molecule has 0 amide bonds. The van der Waals surface area contributed by atoms with Gasteiger partial charge in [0.25, 0.3) is 0 Å². The third-order valence-corrected chi connectivity index (χ3v) is 1.88. The van der Waals surface area contributed by atoms with Crippen LogP contribution in [0.3, 0.4) is 0 Å². The Bertz CT molecular complexity index is 327. The zero-order valence-electron chi connectivity index (χ0n) is 7.79. The number of hydrogen-bond donors (Lipinski definition) is 1. The Hall–Kier alpha value is -1.53. The van der Waals surface area contributed by atoms with Crippen LogP contribution >= 0.6 is 0 Å². The highest BCUT2D eigenvalue weighted by molar-refractivity contribution is 5.50. The molecule has 68 valence electrons. The van der Waals surface area contributed by atoms with E-state index < -0.39 is 0 Å². The maximum Gasteiger partial charge on any atom is 0.137 e. The fourth-order valence-corrected chi connectivity index (χ4v) is 1.27. The number of aryl methyl sites for hydroxylation is 1. The number of hydrogen-bond acceptors (Lipinski definition) is 3. The van der Waals surface area contributed by atoms with Gasteiger partial charge in [0.1, 0.15) is 11.8 Å². The molecule has 0 saturated heterocycles. The predicted octanol–water partition coefficient (Wildman–Crippen LogP) is 1.33. The molecule has 0 aromatic heterocycles. The van der Waals surface area contributed by atoms with E-state index in [0.717, 1.165) is 11.1 Å². The minimum absolute atomic E-state index is 0.362. The summed E-state index contributed by atoms with van der Waals surface area (Å²) in [6.45, 7) is 2.31. The molecule has 0 bridgehead atoms. The second kappa shape index (κ2) is 3.92. The van der Waals surface area contributed by atoms with Crippen LogP contribution in [0.5, 0.6) is 5.75 Å². The van der Waals surface area contributed by atoms with E-state index in [1.54, 1.807) is 7.11 Å². The average Bonchev–Trinajstić information content (AvgIpc) is 2.16. The van der Waals surface area contributed by atoms with Crippen LogP contribution in [0.4, 0.5) is 0 Å². The van der Waals surface area contributed by atoms with Crippen LogP contribution < -0.4 is 10.5 Å². The van der Waals surface area contributed by atoms with E-state index in [1.165, 1.54) is 0 Å². The number of nitriles is 1. The molecule has 13 heavy (non-hydrogen) atoms. The van der Waals surface area contributed by atoms with Crippen LogP contribution in [-0.2, 0) is 6.54 Å². The Morgan fingerprint density at radius 3 is 2.69 bits per heavy atom. The lowest BCUT2D eigenvalue weighted by molar-refractivity contribution is 0.412. The molecule has 0 atom stereocenters. The summed E-state index contributed by atoms with van der Waals surface area (Å²) in [6.07, 6.45) is 0. The minimum Gasteiger partial charge on any atom is -0.495 e. The Morgan fingerprint density at radius 1 is 1.54 bits per heavy atom. The number of nitrogens with zero attached hydrogens (tertiary/aromatic N) is 1. The van der Waals surface area contributed by atoms with Gasteiger partial charge in [-0.2, -0.15) is 5.26 Å². The van der Waals surface area contributed by atoms with Crippen molar-refractivity contribution >= 4 is 0 Å². The minimum atomic E-state index is 0.362. The molecule has 0 radical (unpaired) electrons. The fraction of sp³-hybridized carbons (Fsp3) is 0.300. The monoisotopic (exact) mass is 176 g/mol. The molecule has 2 N–H and O–H groups in total. The first kappa shape index (κ1) is 9.56. The van der Waals surface area contributed by atoms with Crippen molar-refractivity contribution in [1.29, 1.82) is 5.26 Å². The van der Waals surface area contributed by atoms with Gasteiger partial charge in [0.05, 0.1) is 12.7 Å². The second-order valence-corrected chi connectivity index (χ2v) is 2.82. The van der Waals surface area contributed by atoms with E-state index in [0.29, 0.717) is 17.9 Å². The van der Waals surface area contributed by atoms with Gasteiger partial charge in [-0.05, 0) is 24.1 Å². The lowest BCUT2D eigenvalue weighted by Crippen LogP contribution is -2.02. The predicted molar refractivity (Wildman–Crippen MR) is 50.3 cm³/mol. The number of nitrogens with two attached hydrogens (primary N) is 1. The number of benzene rings is 1. The van der Waals surface area contributed by atoms with Crippen molar-refractivity contribution in [1.82, 2.24) is 0 Å². The van der Waals surface area contributed by atoms with E-state index in [4.69, 9.17) is 15.7 Å². The van der Waals surface area contributed by atoms with Gasteiger partial charge >= 0.3 is 0 Å². The van der Waals surface area contributed by atoms with Crippen LogP contribution in [-0.4, -0.2) is 7.11 Å². The van der Waals surface area contributed by atoms with Gasteiger partial charge in [-0.25, -0.2) is 0 Å². The van der Waals surface area contributed by atoms with Crippen LogP contribution in [0, 0.1) is 18.3 Å². The SMILES string of the molecule is COc1cc(C)cc(CN)c1C#N. The van der Waals surface area contributed by atoms with Gasteiger partial charge in [-0.1, -0.05) is 6.07 Å². The van der Waals surface area contributed by atoms with E-state index >= 15 is 0 Å². The molecule has 1 aromatic carbocycles. The van der Waals surface area contributed by atoms with E-state index in [2.05, 4.69) is 6.07 Å². The van der Waals surface area contributed by atoms with Crippen LogP contribution in [0.2, 0.25) is 0 Å². The van der Waals surface area contributed by atoms with Crippen molar-refractivity contribution < 1.29 is 4.74 Å². The topological polar surface area (TPSA) is 59.0 Å². The molecule has 0 aliphatic heterocycles.